The van der Waals surface area contributed by atoms with E-state index in [4.69, 9.17) is 4.74 Å². The van der Waals surface area contributed by atoms with Gasteiger partial charge in [-0.15, -0.1) is 11.8 Å². The van der Waals surface area contributed by atoms with Gasteiger partial charge in [0, 0.05) is 23.4 Å². The molecule has 146 valence electrons. The van der Waals surface area contributed by atoms with Gasteiger partial charge in [-0.05, 0) is 37.8 Å². The third-order valence-corrected chi connectivity index (χ3v) is 6.67. The number of hydrogen-bond donors (Lipinski definition) is 0. The van der Waals surface area contributed by atoms with E-state index in [1.807, 2.05) is 0 Å². The zero-order valence-corrected chi connectivity index (χ0v) is 16.2. The van der Waals surface area contributed by atoms with Crippen LogP contribution in [0, 0.1) is 16.0 Å². The van der Waals surface area contributed by atoms with Crippen LogP contribution in [0.15, 0.2) is 24.3 Å². The van der Waals surface area contributed by atoms with E-state index in [-0.39, 0.29) is 29.5 Å². The lowest BCUT2D eigenvalue weighted by Gasteiger charge is -2.35. The fraction of sp³-hybridized carbons (Fsp3) is 0.579. The van der Waals surface area contributed by atoms with E-state index < -0.39 is 11.0 Å². The summed E-state index contributed by atoms with van der Waals surface area (Å²) in [6.07, 6.45) is 5.61. The molecule has 0 bridgehead atoms. The number of esters is 1. The molecular formula is C19H24N2O5S. The van der Waals surface area contributed by atoms with Crippen LogP contribution in [0.2, 0.25) is 0 Å². The predicted octanol–water partition coefficient (Wildman–Crippen LogP) is 3.62. The number of non-ortho nitro benzene ring substituents is 1. The molecule has 1 saturated carbocycles. The van der Waals surface area contributed by atoms with Crippen molar-refractivity contribution in [3.63, 3.8) is 0 Å². The quantitative estimate of drug-likeness (QED) is 0.432. The Kier molecular flexibility index (Phi) is 6.36. The van der Waals surface area contributed by atoms with E-state index in [0.29, 0.717) is 17.2 Å². The smallest absolute Gasteiger partial charge is 0.329 e. The van der Waals surface area contributed by atoms with Crippen LogP contribution in [0.1, 0.15) is 49.4 Å². The maximum atomic E-state index is 13.2. The minimum Gasteiger partial charge on any atom is -0.464 e. The molecule has 1 aromatic rings. The number of rotatable bonds is 5. The number of nitro benzene ring substituents is 1. The van der Waals surface area contributed by atoms with Crippen LogP contribution in [-0.4, -0.2) is 45.5 Å². The molecule has 1 aliphatic heterocycles. The van der Waals surface area contributed by atoms with Gasteiger partial charge in [-0.25, -0.2) is 4.79 Å². The molecule has 1 aliphatic carbocycles. The number of amides is 1. The first-order valence-corrected chi connectivity index (χ1v) is 10.4. The maximum Gasteiger partial charge on any atom is 0.329 e. The standard InChI is InChI=1S/C19H24N2O5S/c1-2-26-19(23)16-12-27-18(14-6-4-3-5-7-14)20(16)17(22)13-8-10-15(11-9-13)21(24)25/h8-11,14,16,18H,2-7,12H2,1H3. The van der Waals surface area contributed by atoms with Gasteiger partial charge in [0.15, 0.2) is 0 Å². The zero-order valence-electron chi connectivity index (χ0n) is 15.3. The third kappa shape index (κ3) is 4.26. The Hall–Kier alpha value is -2.09. The summed E-state index contributed by atoms with van der Waals surface area (Å²) < 4.78 is 5.19. The topological polar surface area (TPSA) is 89.8 Å². The molecule has 27 heavy (non-hydrogen) atoms. The van der Waals surface area contributed by atoms with Crippen molar-refractivity contribution in [1.29, 1.82) is 0 Å². The van der Waals surface area contributed by atoms with Crippen LogP contribution in [0.4, 0.5) is 5.69 Å². The van der Waals surface area contributed by atoms with Crippen molar-refractivity contribution in [2.45, 2.75) is 50.4 Å². The molecule has 2 fully saturated rings. The molecule has 1 saturated heterocycles. The van der Waals surface area contributed by atoms with Gasteiger partial charge in [-0.2, -0.15) is 0 Å². The Morgan fingerprint density at radius 2 is 1.89 bits per heavy atom. The Morgan fingerprint density at radius 3 is 2.48 bits per heavy atom. The molecule has 8 heteroatoms. The van der Waals surface area contributed by atoms with Crippen LogP contribution < -0.4 is 0 Å². The van der Waals surface area contributed by atoms with Crippen LogP contribution in [-0.2, 0) is 9.53 Å². The van der Waals surface area contributed by atoms with Gasteiger partial charge in [-0.1, -0.05) is 19.3 Å². The highest BCUT2D eigenvalue weighted by Crippen LogP contribution is 2.41. The van der Waals surface area contributed by atoms with Crippen molar-refractivity contribution in [3.8, 4) is 0 Å². The summed E-state index contributed by atoms with van der Waals surface area (Å²) in [7, 11) is 0. The van der Waals surface area contributed by atoms with Gasteiger partial charge in [0.1, 0.15) is 6.04 Å². The van der Waals surface area contributed by atoms with Crippen molar-refractivity contribution in [1.82, 2.24) is 4.90 Å². The monoisotopic (exact) mass is 392 g/mol. The molecule has 0 radical (unpaired) electrons. The average Bonchev–Trinajstić information content (AvgIpc) is 3.13. The van der Waals surface area contributed by atoms with E-state index in [9.17, 15) is 19.7 Å². The Morgan fingerprint density at radius 1 is 1.22 bits per heavy atom. The molecular weight excluding hydrogens is 368 g/mol. The van der Waals surface area contributed by atoms with Gasteiger partial charge in [0.2, 0.25) is 0 Å². The largest absolute Gasteiger partial charge is 0.464 e. The van der Waals surface area contributed by atoms with E-state index in [2.05, 4.69) is 0 Å². The third-order valence-electron chi connectivity index (χ3n) is 5.21. The first-order valence-electron chi connectivity index (χ1n) is 9.38. The first kappa shape index (κ1) is 19.7. The summed E-state index contributed by atoms with van der Waals surface area (Å²) in [4.78, 5) is 37.7. The lowest BCUT2D eigenvalue weighted by molar-refractivity contribution is -0.384. The second-order valence-electron chi connectivity index (χ2n) is 6.91. The molecule has 2 aliphatic rings. The SMILES string of the molecule is CCOC(=O)C1CSC(C2CCCCC2)N1C(=O)c1ccc([N+](=O)[O-])cc1. The summed E-state index contributed by atoms with van der Waals surface area (Å²) in [5.74, 6) is 0.255. The van der Waals surface area contributed by atoms with Crippen molar-refractivity contribution < 1.29 is 19.2 Å². The molecule has 3 rings (SSSR count). The zero-order chi connectivity index (χ0) is 19.4. The predicted molar refractivity (Wildman–Crippen MR) is 103 cm³/mol. The molecule has 1 heterocycles. The van der Waals surface area contributed by atoms with E-state index in [1.54, 1.807) is 23.6 Å². The first-order chi connectivity index (χ1) is 13.0. The summed E-state index contributed by atoms with van der Waals surface area (Å²) in [5.41, 5.74) is 0.298. The lowest BCUT2D eigenvalue weighted by Crippen LogP contribution is -2.48. The van der Waals surface area contributed by atoms with Crippen LogP contribution in [0.5, 0.6) is 0 Å². The van der Waals surface area contributed by atoms with E-state index in [0.717, 1.165) is 25.7 Å². The Labute approximate surface area is 162 Å². The minimum absolute atomic E-state index is 0.0533. The average molecular weight is 392 g/mol. The second kappa shape index (κ2) is 8.73. The molecule has 1 aromatic carbocycles. The Balaban J connectivity index is 1.87. The molecule has 2 unspecified atom stereocenters. The molecule has 1 amide bonds. The van der Waals surface area contributed by atoms with Gasteiger partial charge < -0.3 is 9.64 Å². The van der Waals surface area contributed by atoms with Crippen LogP contribution in [0.25, 0.3) is 0 Å². The molecule has 7 nitrogen and oxygen atoms in total. The number of hydrogen-bond acceptors (Lipinski definition) is 6. The van der Waals surface area contributed by atoms with Crippen LogP contribution in [0.3, 0.4) is 0 Å². The summed E-state index contributed by atoms with van der Waals surface area (Å²) >= 11 is 1.65. The van der Waals surface area contributed by atoms with Crippen molar-refractivity contribution in [2.75, 3.05) is 12.4 Å². The lowest BCUT2D eigenvalue weighted by atomic mass is 9.88. The van der Waals surface area contributed by atoms with E-state index >= 15 is 0 Å². The number of nitro groups is 1. The normalized spacial score (nSPS) is 23.2. The minimum atomic E-state index is -0.607. The molecule has 2 atom stereocenters. The fourth-order valence-corrected chi connectivity index (χ4v) is 5.49. The highest BCUT2D eigenvalue weighted by molar-refractivity contribution is 8.00. The Bertz CT molecular complexity index is 703. The van der Waals surface area contributed by atoms with Crippen molar-refractivity contribution >= 4 is 29.3 Å². The number of nitrogens with zero attached hydrogens (tertiary/aromatic N) is 2. The fourth-order valence-electron chi connectivity index (χ4n) is 3.86. The summed E-state index contributed by atoms with van der Waals surface area (Å²) in [6.45, 7) is 2.02. The van der Waals surface area contributed by atoms with Gasteiger partial charge >= 0.3 is 5.97 Å². The number of benzene rings is 1. The number of ether oxygens (including phenoxy) is 1. The van der Waals surface area contributed by atoms with Gasteiger partial charge in [-0.3, -0.25) is 14.9 Å². The highest BCUT2D eigenvalue weighted by Gasteiger charge is 2.45. The van der Waals surface area contributed by atoms with E-state index in [1.165, 1.54) is 30.7 Å². The maximum absolute atomic E-state index is 13.2. The highest BCUT2D eigenvalue weighted by atomic mass is 32.2. The number of thioether (sulfide) groups is 1. The van der Waals surface area contributed by atoms with Crippen molar-refractivity contribution in [2.24, 2.45) is 5.92 Å². The molecule has 0 aromatic heterocycles. The summed E-state index contributed by atoms with van der Waals surface area (Å²) in [6, 6.07) is 4.97. The van der Waals surface area contributed by atoms with Gasteiger partial charge in [0.05, 0.1) is 16.9 Å². The molecule has 0 N–H and O–H groups in total. The van der Waals surface area contributed by atoms with Gasteiger partial charge in [0.25, 0.3) is 11.6 Å². The summed E-state index contributed by atoms with van der Waals surface area (Å²) in [5, 5.41) is 10.8. The molecule has 0 spiro atoms. The second-order valence-corrected chi connectivity index (χ2v) is 8.06. The van der Waals surface area contributed by atoms with Crippen molar-refractivity contribution in [3.05, 3.63) is 39.9 Å². The number of carbonyl (C=O) groups is 2. The number of carbonyl (C=O) groups excluding carboxylic acids is 2. The van der Waals surface area contributed by atoms with Crippen LogP contribution >= 0.6 is 11.8 Å².